The van der Waals surface area contributed by atoms with Gasteiger partial charge in [-0.1, -0.05) is 0 Å². The van der Waals surface area contributed by atoms with Gasteiger partial charge >= 0.3 is 0 Å². The Kier molecular flexibility index (Phi) is 3.19. The van der Waals surface area contributed by atoms with E-state index < -0.39 is 0 Å². The molecule has 2 aliphatic rings. The van der Waals surface area contributed by atoms with E-state index in [0.29, 0.717) is 6.17 Å². The molecule has 2 aliphatic heterocycles. The van der Waals surface area contributed by atoms with Crippen LogP contribution in [0.15, 0.2) is 0 Å². The van der Waals surface area contributed by atoms with Crippen molar-refractivity contribution in [1.29, 1.82) is 0 Å². The smallest absolute Gasteiger partial charge is 0.0598 e. The first-order chi connectivity index (χ1) is 6.36. The van der Waals surface area contributed by atoms with Gasteiger partial charge in [-0.2, -0.15) is 0 Å². The molecule has 75 valence electrons. The van der Waals surface area contributed by atoms with Crippen molar-refractivity contribution >= 4 is 0 Å². The van der Waals surface area contributed by atoms with E-state index in [1.165, 1.54) is 39.0 Å². The van der Waals surface area contributed by atoms with Crippen LogP contribution in [0.1, 0.15) is 12.8 Å². The fraction of sp³-hybridized carbons (Fsp3) is 0.900. The summed E-state index contributed by atoms with van der Waals surface area (Å²) < 4.78 is 0. The SMILES string of the molecule is CN1CCN(C2CC[CH]CN2)CC1. The molecule has 2 fully saturated rings. The van der Waals surface area contributed by atoms with Gasteiger partial charge in [0.05, 0.1) is 6.17 Å². The summed E-state index contributed by atoms with van der Waals surface area (Å²) in [7, 11) is 2.21. The van der Waals surface area contributed by atoms with Crippen LogP contribution >= 0.6 is 0 Å². The first-order valence-corrected chi connectivity index (χ1v) is 5.34. The summed E-state index contributed by atoms with van der Waals surface area (Å²) in [6, 6.07) is 0. The first kappa shape index (κ1) is 9.44. The van der Waals surface area contributed by atoms with E-state index in [0.717, 1.165) is 6.54 Å². The molecular formula is C10H20N3. The molecule has 2 rings (SSSR count). The number of hydrogen-bond donors (Lipinski definition) is 1. The fourth-order valence-corrected chi connectivity index (χ4v) is 2.14. The van der Waals surface area contributed by atoms with Crippen LogP contribution in [0.3, 0.4) is 0 Å². The third-order valence-electron chi connectivity index (χ3n) is 3.12. The molecule has 1 N–H and O–H groups in total. The summed E-state index contributed by atoms with van der Waals surface area (Å²) in [5, 5.41) is 3.56. The van der Waals surface area contributed by atoms with Gasteiger partial charge in [0, 0.05) is 26.2 Å². The highest BCUT2D eigenvalue weighted by atomic mass is 15.3. The second kappa shape index (κ2) is 4.40. The minimum Gasteiger partial charge on any atom is -0.304 e. The maximum absolute atomic E-state index is 3.56. The monoisotopic (exact) mass is 182 g/mol. The van der Waals surface area contributed by atoms with Gasteiger partial charge in [-0.25, -0.2) is 0 Å². The Hall–Kier alpha value is -0.120. The molecule has 0 aliphatic carbocycles. The van der Waals surface area contributed by atoms with E-state index in [1.54, 1.807) is 0 Å². The highest BCUT2D eigenvalue weighted by Crippen LogP contribution is 2.12. The van der Waals surface area contributed by atoms with Crippen molar-refractivity contribution < 1.29 is 0 Å². The topological polar surface area (TPSA) is 18.5 Å². The van der Waals surface area contributed by atoms with Crippen LogP contribution in [0.25, 0.3) is 0 Å². The van der Waals surface area contributed by atoms with E-state index in [4.69, 9.17) is 0 Å². The highest BCUT2D eigenvalue weighted by Gasteiger charge is 2.23. The molecule has 0 bridgehead atoms. The molecule has 3 heteroatoms. The second-order valence-electron chi connectivity index (χ2n) is 4.13. The van der Waals surface area contributed by atoms with E-state index in [2.05, 4.69) is 28.6 Å². The van der Waals surface area contributed by atoms with E-state index in [1.807, 2.05) is 0 Å². The number of nitrogens with one attached hydrogen (secondary N) is 1. The van der Waals surface area contributed by atoms with E-state index in [9.17, 15) is 0 Å². The summed E-state index contributed by atoms with van der Waals surface area (Å²) in [6.07, 6.45) is 5.57. The maximum Gasteiger partial charge on any atom is 0.0598 e. The quantitative estimate of drug-likeness (QED) is 0.622. The molecular weight excluding hydrogens is 162 g/mol. The molecule has 2 saturated heterocycles. The van der Waals surface area contributed by atoms with Crippen molar-refractivity contribution in [3.05, 3.63) is 6.42 Å². The largest absolute Gasteiger partial charge is 0.304 e. The number of piperidine rings is 1. The number of nitrogens with zero attached hydrogens (tertiary/aromatic N) is 2. The van der Waals surface area contributed by atoms with Crippen LogP contribution in [0, 0.1) is 6.42 Å². The minimum atomic E-state index is 0.652. The lowest BCUT2D eigenvalue weighted by Crippen LogP contribution is -2.55. The Labute approximate surface area is 81.1 Å². The molecule has 0 saturated carbocycles. The molecule has 0 aromatic heterocycles. The predicted octanol–water partition coefficient (Wildman–Crippen LogP) is 0.148. The minimum absolute atomic E-state index is 0.652. The molecule has 0 aromatic rings. The normalized spacial score (nSPS) is 33.5. The van der Waals surface area contributed by atoms with Gasteiger partial charge in [0.1, 0.15) is 0 Å². The Morgan fingerprint density at radius 3 is 2.62 bits per heavy atom. The Bertz CT molecular complexity index is 146. The van der Waals surface area contributed by atoms with Crippen molar-refractivity contribution in [1.82, 2.24) is 15.1 Å². The summed E-state index contributed by atoms with van der Waals surface area (Å²) >= 11 is 0. The Morgan fingerprint density at radius 2 is 2.00 bits per heavy atom. The molecule has 0 aromatic carbocycles. The van der Waals surface area contributed by atoms with Gasteiger partial charge in [-0.15, -0.1) is 0 Å². The van der Waals surface area contributed by atoms with Crippen LogP contribution < -0.4 is 5.32 Å². The summed E-state index contributed by atoms with van der Waals surface area (Å²) in [5.41, 5.74) is 0. The zero-order valence-electron chi connectivity index (χ0n) is 8.50. The lowest BCUT2D eigenvalue weighted by molar-refractivity contribution is 0.0851. The van der Waals surface area contributed by atoms with Crippen LogP contribution in [0.5, 0.6) is 0 Å². The van der Waals surface area contributed by atoms with E-state index >= 15 is 0 Å². The fourth-order valence-electron chi connectivity index (χ4n) is 2.14. The van der Waals surface area contributed by atoms with Gasteiger partial charge in [0.25, 0.3) is 0 Å². The average Bonchev–Trinajstić information content (AvgIpc) is 2.20. The number of hydrogen-bond acceptors (Lipinski definition) is 3. The van der Waals surface area contributed by atoms with Gasteiger partial charge in [0.15, 0.2) is 0 Å². The molecule has 0 spiro atoms. The van der Waals surface area contributed by atoms with Gasteiger partial charge in [-0.05, 0) is 32.9 Å². The molecule has 0 amide bonds. The molecule has 1 unspecified atom stereocenters. The summed E-state index contributed by atoms with van der Waals surface area (Å²) in [5.74, 6) is 0. The number of piperazine rings is 1. The van der Waals surface area contributed by atoms with Crippen molar-refractivity contribution in [2.45, 2.75) is 19.0 Å². The maximum atomic E-state index is 3.56. The Balaban J connectivity index is 1.79. The molecule has 1 radical (unpaired) electrons. The summed E-state index contributed by atoms with van der Waals surface area (Å²) in [4.78, 5) is 5.00. The molecule has 13 heavy (non-hydrogen) atoms. The average molecular weight is 182 g/mol. The first-order valence-electron chi connectivity index (χ1n) is 5.34. The second-order valence-corrected chi connectivity index (χ2v) is 4.13. The van der Waals surface area contributed by atoms with Gasteiger partial charge in [-0.3, -0.25) is 4.90 Å². The lowest BCUT2D eigenvalue weighted by atomic mass is 10.1. The number of likely N-dealkylation sites (N-methyl/N-ethyl adjacent to an activating group) is 1. The standard InChI is InChI=1S/C10H20N3/c1-12-6-8-13(9-7-12)10-4-2-3-5-11-10/h3,10-11H,2,4-9H2,1H3. The van der Waals surface area contributed by atoms with Crippen LogP contribution in [0.4, 0.5) is 0 Å². The van der Waals surface area contributed by atoms with Gasteiger partial charge in [0.2, 0.25) is 0 Å². The predicted molar refractivity (Wildman–Crippen MR) is 54.4 cm³/mol. The lowest BCUT2D eigenvalue weighted by Gasteiger charge is -2.39. The molecule has 2 heterocycles. The summed E-state index contributed by atoms with van der Waals surface area (Å²) in [6.45, 7) is 6.00. The van der Waals surface area contributed by atoms with Crippen molar-refractivity contribution in [3.8, 4) is 0 Å². The van der Waals surface area contributed by atoms with Crippen LogP contribution in [-0.2, 0) is 0 Å². The van der Waals surface area contributed by atoms with Crippen LogP contribution in [0.2, 0.25) is 0 Å². The van der Waals surface area contributed by atoms with Crippen molar-refractivity contribution in [3.63, 3.8) is 0 Å². The molecule has 1 atom stereocenters. The molecule has 3 nitrogen and oxygen atoms in total. The zero-order chi connectivity index (χ0) is 9.10. The Morgan fingerprint density at radius 1 is 1.23 bits per heavy atom. The van der Waals surface area contributed by atoms with Crippen molar-refractivity contribution in [2.24, 2.45) is 0 Å². The van der Waals surface area contributed by atoms with Crippen molar-refractivity contribution in [2.75, 3.05) is 39.8 Å². The highest BCUT2D eigenvalue weighted by molar-refractivity contribution is 4.84. The van der Waals surface area contributed by atoms with Gasteiger partial charge < -0.3 is 10.2 Å². The van der Waals surface area contributed by atoms with E-state index in [-0.39, 0.29) is 0 Å². The van der Waals surface area contributed by atoms with Crippen LogP contribution in [-0.4, -0.2) is 55.7 Å². The third kappa shape index (κ3) is 2.42. The zero-order valence-corrected chi connectivity index (χ0v) is 8.50. The number of rotatable bonds is 1. The third-order valence-corrected chi connectivity index (χ3v) is 3.12.